The predicted octanol–water partition coefficient (Wildman–Crippen LogP) is 2.04. The van der Waals surface area contributed by atoms with E-state index in [-0.39, 0.29) is 18.5 Å². The van der Waals surface area contributed by atoms with E-state index >= 15 is 0 Å². The zero-order valence-corrected chi connectivity index (χ0v) is 11.1. The van der Waals surface area contributed by atoms with E-state index in [1.54, 1.807) is 30.7 Å². The van der Waals surface area contributed by atoms with Crippen molar-refractivity contribution in [3.8, 4) is 5.75 Å². The van der Waals surface area contributed by atoms with Crippen molar-refractivity contribution in [1.29, 1.82) is 0 Å². The number of ether oxygens (including phenoxy) is 1. The fourth-order valence-electron chi connectivity index (χ4n) is 1.86. The lowest BCUT2D eigenvalue weighted by Crippen LogP contribution is -2.21. The number of amides is 1. The van der Waals surface area contributed by atoms with Crippen molar-refractivity contribution in [3.05, 3.63) is 55.0 Å². The number of aromatic nitrogens is 3. The fourth-order valence-corrected chi connectivity index (χ4v) is 1.86. The number of carbonyl (C=O) groups is 1. The Morgan fingerprint density at radius 3 is 2.62 bits per heavy atom. The van der Waals surface area contributed by atoms with Gasteiger partial charge in [0.15, 0.2) is 6.61 Å². The van der Waals surface area contributed by atoms with E-state index in [1.807, 2.05) is 24.3 Å². The molecule has 1 aromatic carbocycles. The first-order valence-corrected chi connectivity index (χ1v) is 6.36. The zero-order valence-electron chi connectivity index (χ0n) is 11.1. The third kappa shape index (κ3) is 3.11. The van der Waals surface area contributed by atoms with Crippen LogP contribution in [0.5, 0.6) is 5.75 Å². The number of anilines is 1. The topological polar surface area (TPSA) is 77.0 Å². The van der Waals surface area contributed by atoms with E-state index in [1.165, 1.54) is 0 Å². The van der Waals surface area contributed by atoms with Gasteiger partial charge in [-0.3, -0.25) is 15.1 Å². The smallest absolute Gasteiger partial charge is 0.264 e. The molecular weight excluding hydrogens is 268 g/mol. The molecule has 0 saturated heterocycles. The second-order valence-electron chi connectivity index (χ2n) is 4.24. The standard InChI is InChI=1S/C15H12N4O2/c20-13(19-15-17-8-3-9-18-15)10-21-12-6-1-4-11-5-2-7-16-14(11)12/h1-9H,10H2,(H,17,18,19,20). The van der Waals surface area contributed by atoms with Crippen LogP contribution in [0.3, 0.4) is 0 Å². The number of fused-ring (bicyclic) bond motifs is 1. The van der Waals surface area contributed by atoms with E-state index in [9.17, 15) is 4.79 Å². The number of nitrogens with one attached hydrogen (secondary N) is 1. The van der Waals surface area contributed by atoms with Gasteiger partial charge in [0, 0.05) is 24.0 Å². The molecule has 6 nitrogen and oxygen atoms in total. The van der Waals surface area contributed by atoms with Crippen LogP contribution in [0, 0.1) is 0 Å². The maximum atomic E-state index is 11.8. The average molecular weight is 280 g/mol. The molecule has 21 heavy (non-hydrogen) atoms. The Labute approximate surface area is 120 Å². The van der Waals surface area contributed by atoms with Gasteiger partial charge in [-0.25, -0.2) is 9.97 Å². The van der Waals surface area contributed by atoms with Gasteiger partial charge >= 0.3 is 0 Å². The van der Waals surface area contributed by atoms with Gasteiger partial charge in [0.05, 0.1) is 0 Å². The molecule has 0 atom stereocenters. The van der Waals surface area contributed by atoms with E-state index in [2.05, 4.69) is 20.3 Å². The summed E-state index contributed by atoms with van der Waals surface area (Å²) in [6, 6.07) is 11.0. The highest BCUT2D eigenvalue weighted by molar-refractivity contribution is 5.90. The summed E-state index contributed by atoms with van der Waals surface area (Å²) in [6.07, 6.45) is 4.79. The molecule has 3 rings (SSSR count). The molecule has 3 aromatic rings. The normalized spacial score (nSPS) is 10.3. The van der Waals surface area contributed by atoms with E-state index < -0.39 is 0 Å². The molecule has 0 spiro atoms. The average Bonchev–Trinajstić information content (AvgIpc) is 2.54. The largest absolute Gasteiger partial charge is 0.481 e. The van der Waals surface area contributed by atoms with Gasteiger partial charge in [0.1, 0.15) is 11.3 Å². The lowest BCUT2D eigenvalue weighted by atomic mass is 10.2. The van der Waals surface area contributed by atoms with E-state index in [0.29, 0.717) is 5.75 Å². The third-order valence-electron chi connectivity index (χ3n) is 2.77. The predicted molar refractivity (Wildman–Crippen MR) is 77.9 cm³/mol. The van der Waals surface area contributed by atoms with Gasteiger partial charge in [0.2, 0.25) is 5.95 Å². The van der Waals surface area contributed by atoms with Crippen LogP contribution in [0.4, 0.5) is 5.95 Å². The zero-order chi connectivity index (χ0) is 14.5. The van der Waals surface area contributed by atoms with Gasteiger partial charge in [-0.15, -0.1) is 0 Å². The van der Waals surface area contributed by atoms with E-state index in [0.717, 1.165) is 10.9 Å². The Morgan fingerprint density at radius 2 is 1.76 bits per heavy atom. The summed E-state index contributed by atoms with van der Waals surface area (Å²) in [5.41, 5.74) is 0.726. The van der Waals surface area contributed by atoms with Crippen LogP contribution in [0.25, 0.3) is 10.9 Å². The maximum Gasteiger partial charge on any atom is 0.264 e. The van der Waals surface area contributed by atoms with Crippen LogP contribution in [0.15, 0.2) is 55.0 Å². The Balaban J connectivity index is 1.68. The number of benzene rings is 1. The molecule has 6 heteroatoms. The van der Waals surface area contributed by atoms with Crippen molar-refractivity contribution in [2.75, 3.05) is 11.9 Å². The quantitative estimate of drug-likeness (QED) is 0.791. The Kier molecular flexibility index (Phi) is 3.68. The van der Waals surface area contributed by atoms with Crippen LogP contribution in [-0.4, -0.2) is 27.5 Å². The first kappa shape index (κ1) is 13.0. The van der Waals surface area contributed by atoms with Crippen LogP contribution >= 0.6 is 0 Å². The second kappa shape index (κ2) is 5.96. The summed E-state index contributed by atoms with van der Waals surface area (Å²) in [4.78, 5) is 23.9. The fraction of sp³-hybridized carbons (Fsp3) is 0.0667. The molecule has 2 aromatic heterocycles. The van der Waals surface area contributed by atoms with Gasteiger partial charge < -0.3 is 4.74 Å². The van der Waals surface area contributed by atoms with Crippen LogP contribution < -0.4 is 10.1 Å². The van der Waals surface area contributed by atoms with Crippen LogP contribution in [0.1, 0.15) is 0 Å². The molecule has 1 N–H and O–H groups in total. The third-order valence-corrected chi connectivity index (χ3v) is 2.77. The Morgan fingerprint density at radius 1 is 1.00 bits per heavy atom. The summed E-state index contributed by atoms with van der Waals surface area (Å²) in [5.74, 6) is 0.494. The minimum Gasteiger partial charge on any atom is -0.481 e. The van der Waals surface area contributed by atoms with Crippen molar-refractivity contribution in [2.45, 2.75) is 0 Å². The Hall–Kier alpha value is -3.02. The van der Waals surface area contributed by atoms with Crippen molar-refractivity contribution in [3.63, 3.8) is 0 Å². The summed E-state index contributed by atoms with van der Waals surface area (Å²) >= 11 is 0. The van der Waals surface area contributed by atoms with Crippen molar-refractivity contribution in [1.82, 2.24) is 15.0 Å². The molecule has 0 fully saturated rings. The maximum absolute atomic E-state index is 11.8. The Bertz CT molecular complexity index is 756. The molecule has 0 unspecified atom stereocenters. The number of nitrogens with zero attached hydrogens (tertiary/aromatic N) is 3. The van der Waals surface area contributed by atoms with E-state index in [4.69, 9.17) is 4.74 Å². The monoisotopic (exact) mass is 280 g/mol. The lowest BCUT2D eigenvalue weighted by Gasteiger charge is -2.08. The first-order valence-electron chi connectivity index (χ1n) is 6.36. The molecule has 0 aliphatic rings. The van der Waals surface area contributed by atoms with Crippen molar-refractivity contribution < 1.29 is 9.53 Å². The molecule has 0 aliphatic heterocycles. The first-order chi connectivity index (χ1) is 10.3. The number of pyridine rings is 1. The second-order valence-corrected chi connectivity index (χ2v) is 4.24. The minimum absolute atomic E-state index is 0.131. The van der Waals surface area contributed by atoms with Crippen LogP contribution in [0.2, 0.25) is 0 Å². The highest BCUT2D eigenvalue weighted by Crippen LogP contribution is 2.22. The summed E-state index contributed by atoms with van der Waals surface area (Å²) in [5, 5.41) is 3.51. The molecule has 0 radical (unpaired) electrons. The minimum atomic E-state index is -0.325. The summed E-state index contributed by atoms with van der Waals surface area (Å²) in [6.45, 7) is -0.131. The molecule has 0 saturated carbocycles. The van der Waals surface area contributed by atoms with Gasteiger partial charge in [-0.1, -0.05) is 18.2 Å². The van der Waals surface area contributed by atoms with Crippen molar-refractivity contribution >= 4 is 22.8 Å². The molecule has 1 amide bonds. The van der Waals surface area contributed by atoms with Gasteiger partial charge in [0.25, 0.3) is 5.91 Å². The molecule has 104 valence electrons. The SMILES string of the molecule is O=C(COc1cccc2cccnc12)Nc1ncccn1. The molecule has 0 aliphatic carbocycles. The van der Waals surface area contributed by atoms with Gasteiger partial charge in [-0.05, 0) is 18.2 Å². The molecule has 2 heterocycles. The number of carbonyl (C=O) groups excluding carboxylic acids is 1. The van der Waals surface area contributed by atoms with Crippen molar-refractivity contribution in [2.24, 2.45) is 0 Å². The molecule has 0 bridgehead atoms. The number of hydrogen-bond acceptors (Lipinski definition) is 5. The summed E-state index contributed by atoms with van der Waals surface area (Å²) < 4.78 is 5.52. The highest BCUT2D eigenvalue weighted by Gasteiger charge is 2.07. The van der Waals surface area contributed by atoms with Gasteiger partial charge in [-0.2, -0.15) is 0 Å². The number of para-hydroxylation sites is 1. The lowest BCUT2D eigenvalue weighted by molar-refractivity contribution is -0.118. The summed E-state index contributed by atoms with van der Waals surface area (Å²) in [7, 11) is 0. The number of hydrogen-bond donors (Lipinski definition) is 1. The molecular formula is C15H12N4O2. The highest BCUT2D eigenvalue weighted by atomic mass is 16.5. The van der Waals surface area contributed by atoms with Crippen LogP contribution in [-0.2, 0) is 4.79 Å². The number of rotatable bonds is 4.